The van der Waals surface area contributed by atoms with Crippen LogP contribution in [0, 0.1) is 0 Å². The number of hydrogen-bond acceptors (Lipinski definition) is 9. The van der Waals surface area contributed by atoms with Crippen molar-refractivity contribution in [3.05, 3.63) is 108 Å². The molecule has 0 bridgehead atoms. The Morgan fingerprint density at radius 1 is 0.882 bits per heavy atom. The zero-order valence-corrected chi connectivity index (χ0v) is 28.4. The zero-order valence-electron chi connectivity index (χ0n) is 28.4. The van der Waals surface area contributed by atoms with Gasteiger partial charge >= 0.3 is 6.03 Å². The van der Waals surface area contributed by atoms with Crippen LogP contribution in [0.1, 0.15) is 49.3 Å². The third-order valence-electron chi connectivity index (χ3n) is 9.80. The minimum atomic E-state index is -1.15. The number of carbonyl (C=O) groups is 2. The number of urea groups is 1. The van der Waals surface area contributed by atoms with Crippen molar-refractivity contribution < 1.29 is 19.8 Å². The summed E-state index contributed by atoms with van der Waals surface area (Å²) < 4.78 is 1.78. The highest BCUT2D eigenvalue weighted by Gasteiger charge is 2.44. The molecule has 51 heavy (non-hydrogen) atoms. The molecule has 2 fully saturated rings. The highest BCUT2D eigenvalue weighted by atomic mass is 16.3. The first-order chi connectivity index (χ1) is 24.9. The number of anilines is 3. The lowest BCUT2D eigenvalue weighted by molar-refractivity contribution is -0.122. The summed E-state index contributed by atoms with van der Waals surface area (Å²) in [6, 6.07) is 28.3. The summed E-state index contributed by atoms with van der Waals surface area (Å²) in [6.07, 6.45) is 0.596. The number of para-hydroxylation sites is 1. The summed E-state index contributed by atoms with van der Waals surface area (Å²) in [5.41, 5.74) is 4.03. The molecule has 0 spiro atoms. The van der Waals surface area contributed by atoms with E-state index >= 15 is 0 Å². The first-order valence-corrected chi connectivity index (χ1v) is 17.5. The van der Waals surface area contributed by atoms with Gasteiger partial charge in [0.25, 0.3) is 0 Å². The quantitative estimate of drug-likeness (QED) is 0.120. The van der Waals surface area contributed by atoms with Crippen molar-refractivity contribution in [3.8, 4) is 0 Å². The third-order valence-corrected chi connectivity index (χ3v) is 9.80. The number of aliphatic hydroxyl groups is 2. The van der Waals surface area contributed by atoms with Gasteiger partial charge in [0, 0.05) is 43.7 Å². The van der Waals surface area contributed by atoms with Crippen molar-refractivity contribution in [2.24, 2.45) is 0 Å². The van der Waals surface area contributed by atoms with E-state index in [2.05, 4.69) is 45.5 Å². The molecule has 13 nitrogen and oxygen atoms in total. The maximum Gasteiger partial charge on any atom is 0.319 e. The van der Waals surface area contributed by atoms with Gasteiger partial charge in [-0.15, -0.1) is 0 Å². The Hall–Kier alpha value is -5.53. The molecule has 3 amide bonds. The number of benzene rings is 3. The Bertz CT molecular complexity index is 1900. The van der Waals surface area contributed by atoms with Crippen molar-refractivity contribution >= 4 is 40.6 Å². The average Bonchev–Trinajstić information content (AvgIpc) is 3.87. The number of imidazole rings is 1. The van der Waals surface area contributed by atoms with Gasteiger partial charge in [0.1, 0.15) is 12.2 Å². The first-order valence-electron chi connectivity index (χ1n) is 17.5. The van der Waals surface area contributed by atoms with Crippen LogP contribution in [0.4, 0.5) is 22.2 Å². The number of nitrogens with zero attached hydrogens (tertiary/aromatic N) is 5. The minimum absolute atomic E-state index is 0.0150. The molecule has 5 atom stereocenters. The molecule has 1 saturated carbocycles. The summed E-state index contributed by atoms with van der Waals surface area (Å²) >= 11 is 0. The van der Waals surface area contributed by atoms with Gasteiger partial charge < -0.3 is 40.9 Å². The van der Waals surface area contributed by atoms with Gasteiger partial charge in [-0.1, -0.05) is 85.8 Å². The van der Waals surface area contributed by atoms with Crippen molar-refractivity contribution in [1.82, 2.24) is 30.2 Å². The van der Waals surface area contributed by atoms with Crippen LogP contribution in [0.2, 0.25) is 0 Å². The van der Waals surface area contributed by atoms with Gasteiger partial charge in [0.2, 0.25) is 11.9 Å². The Morgan fingerprint density at radius 3 is 2.22 bits per heavy atom. The molecule has 6 N–H and O–H groups in total. The Labute approximate surface area is 296 Å². The van der Waals surface area contributed by atoms with Crippen LogP contribution < -0.4 is 26.2 Å². The number of aliphatic hydroxyl groups excluding tert-OH is 2. The number of rotatable bonds is 11. The van der Waals surface area contributed by atoms with Crippen molar-refractivity contribution in [3.63, 3.8) is 0 Å². The van der Waals surface area contributed by atoms with Crippen LogP contribution >= 0.6 is 0 Å². The highest BCUT2D eigenvalue weighted by Crippen LogP contribution is 2.35. The molecule has 7 rings (SSSR count). The number of nitrogens with one attached hydrogen (secondary N) is 4. The van der Waals surface area contributed by atoms with Gasteiger partial charge in [0.15, 0.2) is 17.0 Å². The second-order valence-electron chi connectivity index (χ2n) is 13.2. The predicted molar refractivity (Wildman–Crippen MR) is 196 cm³/mol. The third kappa shape index (κ3) is 7.49. The summed E-state index contributed by atoms with van der Waals surface area (Å²) in [7, 11) is 0. The Morgan fingerprint density at radius 2 is 1.55 bits per heavy atom. The number of hydrogen-bond donors (Lipinski definition) is 6. The number of aromatic nitrogens is 4. The summed E-state index contributed by atoms with van der Waals surface area (Å²) in [5, 5.41) is 34.4. The summed E-state index contributed by atoms with van der Waals surface area (Å²) in [4.78, 5) is 41.7. The number of carbonyl (C=O) groups excluding carboxylic acids is 2. The molecule has 3 aromatic carbocycles. The topological polar surface area (TPSA) is 170 Å². The Balaban J connectivity index is 1.19. The molecule has 0 unspecified atom stereocenters. The van der Waals surface area contributed by atoms with E-state index in [-0.39, 0.29) is 30.3 Å². The Kier molecular flexibility index (Phi) is 10.1. The molecule has 2 aromatic heterocycles. The summed E-state index contributed by atoms with van der Waals surface area (Å²) in [5.74, 6) is 0.813. The molecule has 5 aromatic rings. The second kappa shape index (κ2) is 15.2. The van der Waals surface area contributed by atoms with E-state index in [1.165, 1.54) is 0 Å². The molecular formula is C38H43N9O4. The van der Waals surface area contributed by atoms with E-state index in [1.807, 2.05) is 71.6 Å². The van der Waals surface area contributed by atoms with Gasteiger partial charge in [-0.25, -0.2) is 9.78 Å². The highest BCUT2D eigenvalue weighted by molar-refractivity contribution is 5.89. The van der Waals surface area contributed by atoms with Crippen LogP contribution in [-0.2, 0) is 4.79 Å². The lowest BCUT2D eigenvalue weighted by atomic mass is 9.91. The van der Waals surface area contributed by atoms with Crippen LogP contribution in [0.5, 0.6) is 0 Å². The molecule has 0 radical (unpaired) electrons. The van der Waals surface area contributed by atoms with E-state index in [0.717, 1.165) is 11.1 Å². The van der Waals surface area contributed by atoms with Crippen LogP contribution in [0.25, 0.3) is 11.2 Å². The predicted octanol–water partition coefficient (Wildman–Crippen LogP) is 4.03. The van der Waals surface area contributed by atoms with Crippen LogP contribution in [-0.4, -0.2) is 85.6 Å². The maximum absolute atomic E-state index is 12.8. The minimum Gasteiger partial charge on any atom is -0.388 e. The monoisotopic (exact) mass is 689 g/mol. The van der Waals surface area contributed by atoms with Gasteiger partial charge in [-0.2, -0.15) is 9.97 Å². The van der Waals surface area contributed by atoms with Crippen molar-refractivity contribution in [2.75, 3.05) is 35.2 Å². The van der Waals surface area contributed by atoms with E-state index in [0.29, 0.717) is 61.1 Å². The fourth-order valence-corrected chi connectivity index (χ4v) is 7.08. The molecular weight excluding hydrogens is 646 g/mol. The fourth-order valence-electron chi connectivity index (χ4n) is 7.08. The van der Waals surface area contributed by atoms with Gasteiger partial charge in [-0.05, 0) is 36.1 Å². The maximum atomic E-state index is 12.8. The van der Waals surface area contributed by atoms with E-state index in [1.54, 1.807) is 17.8 Å². The molecule has 1 aliphatic carbocycles. The molecule has 2 aliphatic rings. The normalized spacial score (nSPS) is 21.6. The standard InChI is InChI=1S/C38H43N9O4/c1-2-31(48)43-29-20-30(34(50)33(29)49)47-23-40-32-35(39-21-28(24-12-6-3-7-13-24)25-14-8-4-9-15-25)44-37(45-36(32)47)46-19-18-27(22-46)42-38(51)41-26-16-10-5-11-17-26/h3-17,23,27-30,33-34,49-50H,2,18-22H2,1H3,(H,43,48)(H,39,44,45)(H2,41,42,51)/t27-,29-,30+,33-,34+/m1/s1. The lowest BCUT2D eigenvalue weighted by Gasteiger charge is -2.22. The van der Waals surface area contributed by atoms with E-state index in [9.17, 15) is 19.8 Å². The van der Waals surface area contributed by atoms with Crippen LogP contribution in [0.15, 0.2) is 97.3 Å². The number of fused-ring (bicyclic) bond motifs is 1. The summed E-state index contributed by atoms with van der Waals surface area (Å²) in [6.45, 7) is 3.37. The fraction of sp³-hybridized carbons (Fsp3) is 0.342. The van der Waals surface area contributed by atoms with Gasteiger partial charge in [-0.3, -0.25) is 4.79 Å². The molecule has 3 heterocycles. The number of amides is 3. The van der Waals surface area contributed by atoms with E-state index < -0.39 is 24.3 Å². The zero-order chi connectivity index (χ0) is 35.3. The molecule has 1 saturated heterocycles. The molecule has 13 heteroatoms. The molecule has 1 aliphatic heterocycles. The lowest BCUT2D eigenvalue weighted by Crippen LogP contribution is -2.42. The largest absolute Gasteiger partial charge is 0.388 e. The van der Waals surface area contributed by atoms with E-state index in [4.69, 9.17) is 15.0 Å². The van der Waals surface area contributed by atoms with Crippen molar-refractivity contribution in [2.45, 2.75) is 62.4 Å². The molecule has 264 valence electrons. The first kappa shape index (κ1) is 33.9. The van der Waals surface area contributed by atoms with Crippen molar-refractivity contribution in [1.29, 1.82) is 0 Å². The smallest absolute Gasteiger partial charge is 0.319 e. The average molecular weight is 690 g/mol. The second-order valence-corrected chi connectivity index (χ2v) is 13.2. The van der Waals surface area contributed by atoms with Crippen LogP contribution in [0.3, 0.4) is 0 Å². The SMILES string of the molecule is CCC(=O)N[C@@H]1C[C@H](n2cnc3c(NCC(c4ccccc4)c4ccccc4)nc(N4CC[C@@H](NC(=O)Nc5ccccc5)C4)nc32)[C@H](O)[C@@H]1O. The van der Waals surface area contributed by atoms with Gasteiger partial charge in [0.05, 0.1) is 18.4 Å².